The van der Waals surface area contributed by atoms with Crippen LogP contribution in [-0.4, -0.2) is 20.2 Å². The molecular weight excluding hydrogens is 253 g/mol. The minimum atomic E-state index is -0.179. The second kappa shape index (κ2) is 7.06. The van der Waals surface area contributed by atoms with Gasteiger partial charge in [-0.3, -0.25) is 0 Å². The van der Waals surface area contributed by atoms with Crippen LogP contribution in [0.2, 0.25) is 0 Å². The quantitative estimate of drug-likeness (QED) is 0.872. The summed E-state index contributed by atoms with van der Waals surface area (Å²) in [7, 11) is 3.60. The first kappa shape index (κ1) is 14.5. The third kappa shape index (κ3) is 4.07. The SMILES string of the molecule is CNC(Cc1ccc(OC)cc1)Cc1cccc(F)c1. The van der Waals surface area contributed by atoms with Crippen LogP contribution in [0.4, 0.5) is 4.39 Å². The van der Waals surface area contributed by atoms with Gasteiger partial charge in [0, 0.05) is 6.04 Å². The first-order chi connectivity index (χ1) is 9.71. The van der Waals surface area contributed by atoms with Crippen LogP contribution < -0.4 is 10.1 Å². The van der Waals surface area contributed by atoms with E-state index in [4.69, 9.17) is 4.74 Å². The van der Waals surface area contributed by atoms with Crippen molar-refractivity contribution < 1.29 is 9.13 Å². The Labute approximate surface area is 119 Å². The fourth-order valence-electron chi connectivity index (χ4n) is 2.27. The van der Waals surface area contributed by atoms with Crippen molar-refractivity contribution >= 4 is 0 Å². The Morgan fingerprint density at radius 3 is 2.35 bits per heavy atom. The largest absolute Gasteiger partial charge is 0.497 e. The number of rotatable bonds is 6. The molecule has 0 radical (unpaired) electrons. The summed E-state index contributed by atoms with van der Waals surface area (Å²) in [6.07, 6.45) is 1.71. The molecule has 0 fully saturated rings. The number of likely N-dealkylation sites (N-methyl/N-ethyl adjacent to an activating group) is 1. The molecule has 0 amide bonds. The Morgan fingerprint density at radius 2 is 1.75 bits per heavy atom. The molecule has 1 unspecified atom stereocenters. The maximum absolute atomic E-state index is 13.2. The zero-order valence-electron chi connectivity index (χ0n) is 11.9. The molecule has 0 bridgehead atoms. The number of ether oxygens (including phenoxy) is 1. The third-order valence-corrected chi connectivity index (χ3v) is 3.42. The lowest BCUT2D eigenvalue weighted by Gasteiger charge is -2.16. The molecule has 2 nitrogen and oxygen atoms in total. The maximum atomic E-state index is 13.2. The molecule has 3 heteroatoms. The van der Waals surface area contributed by atoms with Gasteiger partial charge in [0.1, 0.15) is 11.6 Å². The van der Waals surface area contributed by atoms with Gasteiger partial charge in [-0.2, -0.15) is 0 Å². The van der Waals surface area contributed by atoms with Gasteiger partial charge in [0.05, 0.1) is 7.11 Å². The summed E-state index contributed by atoms with van der Waals surface area (Å²) >= 11 is 0. The van der Waals surface area contributed by atoms with E-state index in [2.05, 4.69) is 17.4 Å². The minimum Gasteiger partial charge on any atom is -0.497 e. The molecule has 0 aromatic heterocycles. The molecule has 20 heavy (non-hydrogen) atoms. The molecule has 0 spiro atoms. The van der Waals surface area contributed by atoms with Crippen LogP contribution in [0.1, 0.15) is 11.1 Å². The summed E-state index contributed by atoms with van der Waals surface area (Å²) in [6, 6.07) is 15.1. The molecule has 0 saturated carbocycles. The Morgan fingerprint density at radius 1 is 1.05 bits per heavy atom. The van der Waals surface area contributed by atoms with Crippen molar-refractivity contribution in [3.05, 3.63) is 65.5 Å². The summed E-state index contributed by atoms with van der Waals surface area (Å²) in [4.78, 5) is 0. The summed E-state index contributed by atoms with van der Waals surface area (Å²) < 4.78 is 18.3. The first-order valence-electron chi connectivity index (χ1n) is 6.76. The lowest BCUT2D eigenvalue weighted by atomic mass is 9.99. The van der Waals surface area contributed by atoms with Crippen LogP contribution in [0, 0.1) is 5.82 Å². The summed E-state index contributed by atoms with van der Waals surface area (Å²) in [5, 5.41) is 3.29. The number of hydrogen-bond acceptors (Lipinski definition) is 2. The molecule has 2 aromatic carbocycles. The van der Waals surface area contributed by atoms with Crippen LogP contribution in [0.5, 0.6) is 5.75 Å². The van der Waals surface area contributed by atoms with Gasteiger partial charge in [-0.15, -0.1) is 0 Å². The highest BCUT2D eigenvalue weighted by Gasteiger charge is 2.09. The predicted octanol–water partition coefficient (Wildman–Crippen LogP) is 3.21. The van der Waals surface area contributed by atoms with E-state index in [0.29, 0.717) is 0 Å². The van der Waals surface area contributed by atoms with E-state index < -0.39 is 0 Å². The van der Waals surface area contributed by atoms with Gasteiger partial charge in [0.2, 0.25) is 0 Å². The van der Waals surface area contributed by atoms with Crippen molar-refractivity contribution in [3.8, 4) is 5.75 Å². The van der Waals surface area contributed by atoms with E-state index >= 15 is 0 Å². The lowest BCUT2D eigenvalue weighted by Crippen LogP contribution is -2.29. The molecule has 0 aliphatic heterocycles. The number of benzene rings is 2. The van der Waals surface area contributed by atoms with Gasteiger partial charge in [-0.05, 0) is 55.3 Å². The fraction of sp³-hybridized carbons (Fsp3) is 0.294. The number of halogens is 1. The standard InChI is InChI=1S/C17H20FNO/c1-19-16(12-14-4-3-5-15(18)10-14)11-13-6-8-17(20-2)9-7-13/h3-10,16,19H,11-12H2,1-2H3. The fourth-order valence-corrected chi connectivity index (χ4v) is 2.27. The minimum absolute atomic E-state index is 0.179. The average molecular weight is 273 g/mol. The van der Waals surface area contributed by atoms with Crippen molar-refractivity contribution in [1.82, 2.24) is 5.32 Å². The summed E-state index contributed by atoms with van der Waals surface area (Å²) in [5.74, 6) is 0.682. The highest BCUT2D eigenvalue weighted by atomic mass is 19.1. The van der Waals surface area contributed by atoms with Crippen molar-refractivity contribution in [3.63, 3.8) is 0 Å². The molecule has 2 aromatic rings. The van der Waals surface area contributed by atoms with E-state index in [-0.39, 0.29) is 11.9 Å². The van der Waals surface area contributed by atoms with Gasteiger partial charge < -0.3 is 10.1 Å². The zero-order valence-corrected chi connectivity index (χ0v) is 11.9. The Balaban J connectivity index is 2.01. The molecule has 0 saturated heterocycles. The van der Waals surface area contributed by atoms with Gasteiger partial charge in [-0.25, -0.2) is 4.39 Å². The number of methoxy groups -OCH3 is 1. The molecule has 0 aliphatic carbocycles. The van der Waals surface area contributed by atoms with Crippen LogP contribution in [-0.2, 0) is 12.8 Å². The highest BCUT2D eigenvalue weighted by Crippen LogP contribution is 2.14. The molecule has 0 heterocycles. The topological polar surface area (TPSA) is 21.3 Å². The van der Waals surface area contributed by atoms with Crippen LogP contribution in [0.25, 0.3) is 0 Å². The molecular formula is C17H20FNO. The molecule has 2 rings (SSSR count). The van der Waals surface area contributed by atoms with Gasteiger partial charge in [0.15, 0.2) is 0 Å². The Hall–Kier alpha value is -1.87. The van der Waals surface area contributed by atoms with E-state index in [1.165, 1.54) is 11.6 Å². The number of nitrogens with one attached hydrogen (secondary N) is 1. The highest BCUT2D eigenvalue weighted by molar-refractivity contribution is 5.28. The molecule has 1 atom stereocenters. The predicted molar refractivity (Wildman–Crippen MR) is 79.6 cm³/mol. The van der Waals surface area contributed by atoms with Crippen molar-refractivity contribution in [2.45, 2.75) is 18.9 Å². The zero-order chi connectivity index (χ0) is 14.4. The maximum Gasteiger partial charge on any atom is 0.123 e. The van der Waals surface area contributed by atoms with Crippen molar-refractivity contribution in [2.24, 2.45) is 0 Å². The summed E-state index contributed by atoms with van der Waals surface area (Å²) in [6.45, 7) is 0. The number of hydrogen-bond donors (Lipinski definition) is 1. The van der Waals surface area contributed by atoms with Gasteiger partial charge in [-0.1, -0.05) is 24.3 Å². The Bertz CT molecular complexity index is 539. The average Bonchev–Trinajstić information content (AvgIpc) is 2.47. The normalized spacial score (nSPS) is 12.2. The van der Waals surface area contributed by atoms with Gasteiger partial charge >= 0.3 is 0 Å². The lowest BCUT2D eigenvalue weighted by molar-refractivity contribution is 0.414. The monoisotopic (exact) mass is 273 g/mol. The van der Waals surface area contributed by atoms with Crippen molar-refractivity contribution in [2.75, 3.05) is 14.2 Å². The van der Waals surface area contributed by atoms with E-state index in [0.717, 1.165) is 24.2 Å². The van der Waals surface area contributed by atoms with Crippen LogP contribution in [0.15, 0.2) is 48.5 Å². The van der Waals surface area contributed by atoms with Crippen LogP contribution in [0.3, 0.4) is 0 Å². The second-order valence-corrected chi connectivity index (χ2v) is 4.87. The van der Waals surface area contributed by atoms with Gasteiger partial charge in [0.25, 0.3) is 0 Å². The van der Waals surface area contributed by atoms with Crippen LogP contribution >= 0.6 is 0 Å². The smallest absolute Gasteiger partial charge is 0.123 e. The van der Waals surface area contributed by atoms with E-state index in [9.17, 15) is 4.39 Å². The van der Waals surface area contributed by atoms with E-state index in [1.54, 1.807) is 19.2 Å². The third-order valence-electron chi connectivity index (χ3n) is 3.42. The molecule has 106 valence electrons. The summed E-state index contributed by atoms with van der Waals surface area (Å²) in [5.41, 5.74) is 2.25. The second-order valence-electron chi connectivity index (χ2n) is 4.87. The Kier molecular flexibility index (Phi) is 5.13. The molecule has 1 N–H and O–H groups in total. The molecule has 0 aliphatic rings. The van der Waals surface area contributed by atoms with E-state index in [1.807, 2.05) is 25.2 Å². The van der Waals surface area contributed by atoms with Crippen molar-refractivity contribution in [1.29, 1.82) is 0 Å². The first-order valence-corrected chi connectivity index (χ1v) is 6.76.